The van der Waals surface area contributed by atoms with E-state index in [0.29, 0.717) is 6.54 Å². The number of carbonyl (C=O) groups is 1. The summed E-state index contributed by atoms with van der Waals surface area (Å²) in [6.07, 6.45) is 0.831. The molecule has 3 N–H and O–H groups in total. The molecule has 21 heavy (non-hydrogen) atoms. The Labute approximate surface area is 123 Å². The van der Waals surface area contributed by atoms with Gasteiger partial charge in [-0.25, -0.2) is 0 Å². The summed E-state index contributed by atoms with van der Waals surface area (Å²) in [5.41, 5.74) is 10.3. The lowest BCUT2D eigenvalue weighted by molar-refractivity contribution is 0.0946. The molecule has 0 unspecified atom stereocenters. The second kappa shape index (κ2) is 5.13. The summed E-state index contributed by atoms with van der Waals surface area (Å²) in [7, 11) is 0. The highest BCUT2D eigenvalue weighted by molar-refractivity contribution is 5.96. The van der Waals surface area contributed by atoms with Gasteiger partial charge in [0.25, 0.3) is 5.91 Å². The van der Waals surface area contributed by atoms with E-state index in [9.17, 15) is 4.79 Å². The molecule has 0 spiro atoms. The van der Waals surface area contributed by atoms with Crippen LogP contribution in [0.5, 0.6) is 11.5 Å². The summed E-state index contributed by atoms with van der Waals surface area (Å²) in [6.45, 7) is 4.63. The Morgan fingerprint density at radius 1 is 1.19 bits per heavy atom. The van der Waals surface area contributed by atoms with Crippen molar-refractivity contribution in [3.05, 3.63) is 52.6 Å². The zero-order valence-electron chi connectivity index (χ0n) is 12.2. The normalized spacial score (nSPS) is 13.5. The minimum atomic E-state index is -0.0114. The van der Waals surface area contributed by atoms with Crippen LogP contribution in [-0.2, 0) is 6.42 Å². The number of carbonyl (C=O) groups excluding carboxylic acids is 1. The van der Waals surface area contributed by atoms with Gasteiger partial charge in [0, 0.05) is 17.8 Å². The van der Waals surface area contributed by atoms with Crippen LogP contribution < -0.4 is 15.8 Å². The quantitative estimate of drug-likeness (QED) is 0.833. The first-order valence-corrected chi connectivity index (χ1v) is 7.00. The standard InChI is InChI=1S/C17H18N2O2/c1-10-7-13(18)8-11(2)16(10)21-14-3-4-15-12(9-14)5-6-19-17(15)20/h3-4,7-9H,5-6,18H2,1-2H3,(H,19,20)/i17+2. The number of hydrogen-bond acceptors (Lipinski definition) is 3. The molecular formula is C17H18N2O2. The average molecular weight is 284 g/mol. The Hall–Kier alpha value is -2.49. The van der Waals surface area contributed by atoms with Crippen molar-refractivity contribution in [2.24, 2.45) is 0 Å². The number of benzene rings is 2. The number of hydrogen-bond donors (Lipinski definition) is 2. The van der Waals surface area contributed by atoms with Gasteiger partial charge in [-0.2, -0.15) is 0 Å². The molecule has 4 heteroatoms. The van der Waals surface area contributed by atoms with E-state index in [1.807, 2.05) is 44.2 Å². The maximum Gasteiger partial charge on any atom is 0.251 e. The van der Waals surface area contributed by atoms with Gasteiger partial charge in [0.2, 0.25) is 0 Å². The van der Waals surface area contributed by atoms with Crippen molar-refractivity contribution in [1.29, 1.82) is 0 Å². The van der Waals surface area contributed by atoms with E-state index in [1.54, 1.807) is 0 Å². The summed E-state index contributed by atoms with van der Waals surface area (Å²) in [4.78, 5) is 11.7. The molecule has 4 nitrogen and oxygen atoms in total. The topological polar surface area (TPSA) is 64.3 Å². The number of fused-ring (bicyclic) bond motifs is 1. The summed E-state index contributed by atoms with van der Waals surface area (Å²) in [5.74, 6) is 1.56. The number of aryl methyl sites for hydroxylation is 2. The first-order valence-electron chi connectivity index (χ1n) is 7.00. The van der Waals surface area contributed by atoms with Gasteiger partial charge in [0.1, 0.15) is 11.5 Å². The van der Waals surface area contributed by atoms with Gasteiger partial charge in [-0.05, 0) is 67.3 Å². The molecule has 0 radical (unpaired) electrons. The minimum absolute atomic E-state index is 0.0114. The largest absolute Gasteiger partial charge is 0.457 e. The van der Waals surface area contributed by atoms with E-state index in [-0.39, 0.29) is 5.91 Å². The lowest BCUT2D eigenvalue weighted by Gasteiger charge is -2.18. The van der Waals surface area contributed by atoms with Crippen molar-refractivity contribution >= 4 is 11.6 Å². The van der Waals surface area contributed by atoms with Crippen LogP contribution in [0.1, 0.15) is 27.0 Å². The lowest BCUT2D eigenvalue weighted by Crippen LogP contribution is -2.31. The molecule has 108 valence electrons. The minimum Gasteiger partial charge on any atom is -0.457 e. The van der Waals surface area contributed by atoms with E-state index in [2.05, 4.69) is 5.32 Å². The zero-order chi connectivity index (χ0) is 15.0. The highest BCUT2D eigenvalue weighted by Gasteiger charge is 2.17. The molecule has 0 saturated carbocycles. The van der Waals surface area contributed by atoms with Crippen LogP contribution in [0.4, 0.5) is 5.69 Å². The number of nitrogens with two attached hydrogens (primary N) is 1. The Morgan fingerprint density at radius 3 is 2.62 bits per heavy atom. The lowest BCUT2D eigenvalue weighted by atomic mass is 10.1. The molecule has 0 saturated heterocycles. The first-order chi connectivity index (χ1) is 10.0. The van der Waals surface area contributed by atoms with E-state index < -0.39 is 0 Å². The number of nitrogens with one attached hydrogen (secondary N) is 1. The molecular weight excluding hydrogens is 266 g/mol. The molecule has 0 aromatic heterocycles. The number of nitrogen functional groups attached to an aromatic ring is 1. The molecule has 2 aromatic carbocycles. The van der Waals surface area contributed by atoms with Crippen molar-refractivity contribution in [3.63, 3.8) is 0 Å². The van der Waals surface area contributed by atoms with E-state index in [4.69, 9.17) is 10.5 Å². The Morgan fingerprint density at radius 2 is 1.90 bits per heavy atom. The Kier molecular flexibility index (Phi) is 3.29. The summed E-state index contributed by atoms with van der Waals surface area (Å²) < 4.78 is 6.01. The van der Waals surface area contributed by atoms with Crippen LogP contribution in [0.15, 0.2) is 30.3 Å². The summed E-state index contributed by atoms with van der Waals surface area (Å²) in [6, 6.07) is 9.39. The fourth-order valence-electron chi connectivity index (χ4n) is 2.73. The molecule has 2 aromatic rings. The molecule has 0 atom stereocenters. The predicted molar refractivity (Wildman–Crippen MR) is 82.9 cm³/mol. The van der Waals surface area contributed by atoms with Crippen LogP contribution in [-0.4, -0.2) is 12.5 Å². The third-order valence-electron chi connectivity index (χ3n) is 3.70. The molecule has 0 fully saturated rings. The molecule has 0 aliphatic carbocycles. The first kappa shape index (κ1) is 13.5. The SMILES string of the molecule is Cc1cc(N)cc(C)c1Oc1ccc2c(c1)CCN[14C]2=O. The summed E-state index contributed by atoms with van der Waals surface area (Å²) in [5, 5.41) is 2.84. The van der Waals surface area contributed by atoms with Crippen molar-refractivity contribution in [2.45, 2.75) is 20.3 Å². The van der Waals surface area contributed by atoms with Crippen LogP contribution in [0.2, 0.25) is 0 Å². The third kappa shape index (κ3) is 2.57. The van der Waals surface area contributed by atoms with Crippen molar-refractivity contribution in [2.75, 3.05) is 12.3 Å². The third-order valence-corrected chi connectivity index (χ3v) is 3.70. The fourth-order valence-corrected chi connectivity index (χ4v) is 2.73. The van der Waals surface area contributed by atoms with Gasteiger partial charge in [-0.15, -0.1) is 0 Å². The second-order valence-corrected chi connectivity index (χ2v) is 5.41. The number of ether oxygens (including phenoxy) is 1. The highest BCUT2D eigenvalue weighted by atomic mass is 16.5. The van der Waals surface area contributed by atoms with Gasteiger partial charge in [0.05, 0.1) is 0 Å². The van der Waals surface area contributed by atoms with Gasteiger partial charge >= 0.3 is 0 Å². The number of anilines is 1. The second-order valence-electron chi connectivity index (χ2n) is 5.41. The molecule has 1 amide bonds. The maximum atomic E-state index is 11.7. The Balaban J connectivity index is 1.94. The molecule has 1 heterocycles. The Bertz CT molecular complexity index is 700. The molecule has 0 bridgehead atoms. The van der Waals surface area contributed by atoms with Crippen molar-refractivity contribution in [1.82, 2.24) is 5.32 Å². The molecule has 1 aliphatic rings. The smallest absolute Gasteiger partial charge is 0.251 e. The van der Waals surface area contributed by atoms with Gasteiger partial charge in [-0.3, -0.25) is 4.79 Å². The van der Waals surface area contributed by atoms with Gasteiger partial charge in [-0.1, -0.05) is 0 Å². The molecule has 1 aliphatic heterocycles. The summed E-state index contributed by atoms with van der Waals surface area (Å²) >= 11 is 0. The van der Waals surface area contributed by atoms with Crippen molar-refractivity contribution < 1.29 is 9.53 Å². The number of rotatable bonds is 2. The van der Waals surface area contributed by atoms with E-state index in [0.717, 1.165) is 45.9 Å². The van der Waals surface area contributed by atoms with Crippen molar-refractivity contribution in [3.8, 4) is 11.5 Å². The van der Waals surface area contributed by atoms with Crippen LogP contribution in [0.3, 0.4) is 0 Å². The predicted octanol–water partition coefficient (Wildman–Crippen LogP) is 2.96. The van der Waals surface area contributed by atoms with Crippen LogP contribution in [0, 0.1) is 13.8 Å². The van der Waals surface area contributed by atoms with Gasteiger partial charge < -0.3 is 15.8 Å². The van der Waals surface area contributed by atoms with Gasteiger partial charge in [0.15, 0.2) is 0 Å². The maximum absolute atomic E-state index is 11.7. The zero-order valence-corrected chi connectivity index (χ0v) is 12.2. The highest BCUT2D eigenvalue weighted by Crippen LogP contribution is 2.32. The average Bonchev–Trinajstić information content (AvgIpc) is 2.43. The monoisotopic (exact) mass is 284 g/mol. The van der Waals surface area contributed by atoms with E-state index >= 15 is 0 Å². The van der Waals surface area contributed by atoms with E-state index in [1.165, 1.54) is 0 Å². The fraction of sp³-hybridized carbons (Fsp3) is 0.235. The number of amides is 1. The molecule has 3 rings (SSSR count). The van der Waals surface area contributed by atoms with Crippen LogP contribution in [0.25, 0.3) is 0 Å². The van der Waals surface area contributed by atoms with Crippen LogP contribution >= 0.6 is 0 Å².